The van der Waals surface area contributed by atoms with E-state index in [0.717, 1.165) is 18.8 Å². The van der Waals surface area contributed by atoms with Gasteiger partial charge >= 0.3 is 0 Å². The van der Waals surface area contributed by atoms with Crippen LogP contribution in [0.25, 0.3) is 0 Å². The number of nitrogens with zero attached hydrogens (tertiary/aromatic N) is 4. The Hall–Kier alpha value is -1.78. The van der Waals surface area contributed by atoms with Crippen LogP contribution in [0.3, 0.4) is 0 Å². The van der Waals surface area contributed by atoms with Gasteiger partial charge in [0.05, 0.1) is 24.1 Å². The lowest BCUT2D eigenvalue weighted by Crippen LogP contribution is -2.05. The molecule has 0 unspecified atom stereocenters. The second-order valence-corrected chi connectivity index (χ2v) is 6.47. The standard InChI is InChI=1S/C16H25N5/c1-13(2)10-20-11-14(8-18-20)7-17-15-9-19-21(12-15)16-5-3-4-6-16/h8-9,11-13,16-17H,3-7,10H2,1-2H3. The number of hydrogen-bond acceptors (Lipinski definition) is 3. The lowest BCUT2D eigenvalue weighted by molar-refractivity contribution is 0.467. The van der Waals surface area contributed by atoms with Gasteiger partial charge in [0.25, 0.3) is 0 Å². The van der Waals surface area contributed by atoms with Gasteiger partial charge in [0.15, 0.2) is 0 Å². The van der Waals surface area contributed by atoms with Crippen molar-refractivity contribution in [2.75, 3.05) is 5.32 Å². The van der Waals surface area contributed by atoms with E-state index in [-0.39, 0.29) is 0 Å². The van der Waals surface area contributed by atoms with Crippen molar-refractivity contribution in [3.63, 3.8) is 0 Å². The molecule has 1 aliphatic carbocycles. The van der Waals surface area contributed by atoms with E-state index in [1.165, 1.54) is 31.2 Å². The van der Waals surface area contributed by atoms with E-state index in [9.17, 15) is 0 Å². The molecule has 1 N–H and O–H groups in total. The Morgan fingerprint density at radius 3 is 2.76 bits per heavy atom. The van der Waals surface area contributed by atoms with Gasteiger partial charge in [0, 0.05) is 31.0 Å². The molecule has 2 aromatic heterocycles. The average Bonchev–Trinajstić information content (AvgIpc) is 3.17. The van der Waals surface area contributed by atoms with Crippen LogP contribution in [0, 0.1) is 5.92 Å². The van der Waals surface area contributed by atoms with Crippen LogP contribution in [0.1, 0.15) is 51.1 Å². The summed E-state index contributed by atoms with van der Waals surface area (Å²) in [6.45, 7) is 6.18. The predicted molar refractivity (Wildman–Crippen MR) is 84.1 cm³/mol. The van der Waals surface area contributed by atoms with Crippen molar-refractivity contribution in [3.8, 4) is 0 Å². The van der Waals surface area contributed by atoms with Crippen LogP contribution in [0.15, 0.2) is 24.8 Å². The number of anilines is 1. The summed E-state index contributed by atoms with van der Waals surface area (Å²) in [5.74, 6) is 0.621. The van der Waals surface area contributed by atoms with Crippen molar-refractivity contribution < 1.29 is 0 Å². The van der Waals surface area contributed by atoms with Crippen molar-refractivity contribution >= 4 is 5.69 Å². The average molecular weight is 287 g/mol. The first-order valence-corrected chi connectivity index (χ1v) is 8.00. The topological polar surface area (TPSA) is 47.7 Å². The van der Waals surface area contributed by atoms with Crippen LogP contribution in [-0.2, 0) is 13.1 Å². The number of hydrogen-bond donors (Lipinski definition) is 1. The van der Waals surface area contributed by atoms with E-state index in [0.29, 0.717) is 12.0 Å². The molecule has 0 aromatic carbocycles. The summed E-state index contributed by atoms with van der Waals surface area (Å²) in [6.07, 6.45) is 13.3. The van der Waals surface area contributed by atoms with Gasteiger partial charge in [0.2, 0.25) is 0 Å². The minimum absolute atomic E-state index is 0.606. The zero-order chi connectivity index (χ0) is 14.7. The van der Waals surface area contributed by atoms with E-state index in [1.807, 2.05) is 17.1 Å². The third kappa shape index (κ3) is 3.65. The van der Waals surface area contributed by atoms with Crippen LogP contribution in [0.4, 0.5) is 5.69 Å². The second kappa shape index (κ2) is 6.33. The Bertz CT molecular complexity index is 563. The first-order valence-electron chi connectivity index (χ1n) is 8.00. The maximum absolute atomic E-state index is 4.49. The maximum atomic E-state index is 4.49. The highest BCUT2D eigenvalue weighted by Crippen LogP contribution is 2.29. The minimum atomic E-state index is 0.606. The van der Waals surface area contributed by atoms with Gasteiger partial charge in [-0.3, -0.25) is 9.36 Å². The van der Waals surface area contributed by atoms with Crippen molar-refractivity contribution in [2.45, 2.75) is 58.7 Å². The van der Waals surface area contributed by atoms with Gasteiger partial charge < -0.3 is 5.32 Å². The van der Waals surface area contributed by atoms with Crippen LogP contribution in [-0.4, -0.2) is 19.6 Å². The largest absolute Gasteiger partial charge is 0.378 e. The van der Waals surface area contributed by atoms with Crippen LogP contribution in [0.5, 0.6) is 0 Å². The van der Waals surface area contributed by atoms with Gasteiger partial charge in [-0.05, 0) is 18.8 Å². The maximum Gasteiger partial charge on any atom is 0.0729 e. The summed E-state index contributed by atoms with van der Waals surface area (Å²) in [4.78, 5) is 0. The smallest absolute Gasteiger partial charge is 0.0729 e. The summed E-state index contributed by atoms with van der Waals surface area (Å²) in [5.41, 5.74) is 2.31. The zero-order valence-electron chi connectivity index (χ0n) is 13.0. The molecular formula is C16H25N5. The highest BCUT2D eigenvalue weighted by atomic mass is 15.3. The SMILES string of the molecule is CC(C)Cn1cc(CNc2cnn(C3CCCC3)c2)cn1. The molecule has 1 saturated carbocycles. The van der Waals surface area contributed by atoms with Gasteiger partial charge in [-0.1, -0.05) is 26.7 Å². The fraction of sp³-hybridized carbons (Fsp3) is 0.625. The van der Waals surface area contributed by atoms with E-state index in [4.69, 9.17) is 0 Å². The van der Waals surface area contributed by atoms with Crippen molar-refractivity contribution in [3.05, 3.63) is 30.4 Å². The number of rotatable bonds is 6. The molecule has 1 aliphatic rings. The molecule has 2 heterocycles. The molecule has 0 bridgehead atoms. The molecular weight excluding hydrogens is 262 g/mol. The Kier molecular flexibility index (Phi) is 4.27. The lowest BCUT2D eigenvalue weighted by Gasteiger charge is -2.08. The highest BCUT2D eigenvalue weighted by molar-refractivity contribution is 5.39. The summed E-state index contributed by atoms with van der Waals surface area (Å²) in [7, 11) is 0. The Morgan fingerprint density at radius 2 is 2.00 bits per heavy atom. The molecule has 0 aliphatic heterocycles. The third-order valence-electron chi connectivity index (χ3n) is 4.04. The summed E-state index contributed by atoms with van der Waals surface area (Å²) < 4.78 is 4.14. The van der Waals surface area contributed by atoms with Gasteiger partial charge in [-0.25, -0.2) is 0 Å². The second-order valence-electron chi connectivity index (χ2n) is 6.47. The Labute approximate surface area is 126 Å². The quantitative estimate of drug-likeness (QED) is 0.885. The van der Waals surface area contributed by atoms with Gasteiger partial charge in [0.1, 0.15) is 0 Å². The highest BCUT2D eigenvalue weighted by Gasteiger charge is 2.17. The molecule has 0 amide bonds. The summed E-state index contributed by atoms with van der Waals surface area (Å²) in [5, 5.41) is 12.3. The van der Waals surface area contributed by atoms with E-state index >= 15 is 0 Å². The molecule has 21 heavy (non-hydrogen) atoms. The molecule has 0 saturated heterocycles. The van der Waals surface area contributed by atoms with E-state index < -0.39 is 0 Å². The van der Waals surface area contributed by atoms with E-state index in [2.05, 4.69) is 46.4 Å². The monoisotopic (exact) mass is 287 g/mol. The van der Waals surface area contributed by atoms with Crippen molar-refractivity contribution in [1.82, 2.24) is 19.6 Å². The van der Waals surface area contributed by atoms with Crippen LogP contribution >= 0.6 is 0 Å². The molecule has 0 radical (unpaired) electrons. The molecule has 114 valence electrons. The number of aromatic nitrogens is 4. The number of nitrogens with one attached hydrogen (secondary N) is 1. The molecule has 0 spiro atoms. The molecule has 5 heteroatoms. The first-order chi connectivity index (χ1) is 10.2. The molecule has 1 fully saturated rings. The lowest BCUT2D eigenvalue weighted by atomic mass is 10.2. The third-order valence-corrected chi connectivity index (χ3v) is 4.04. The predicted octanol–water partition coefficient (Wildman–Crippen LogP) is 3.46. The van der Waals surface area contributed by atoms with Crippen molar-refractivity contribution in [1.29, 1.82) is 0 Å². The molecule has 0 atom stereocenters. The molecule has 5 nitrogen and oxygen atoms in total. The summed E-state index contributed by atoms with van der Waals surface area (Å²) >= 11 is 0. The summed E-state index contributed by atoms with van der Waals surface area (Å²) in [6, 6.07) is 0.606. The first kappa shape index (κ1) is 14.2. The van der Waals surface area contributed by atoms with Crippen LogP contribution < -0.4 is 5.32 Å². The van der Waals surface area contributed by atoms with Gasteiger partial charge in [-0.2, -0.15) is 10.2 Å². The van der Waals surface area contributed by atoms with Gasteiger partial charge in [-0.15, -0.1) is 0 Å². The van der Waals surface area contributed by atoms with Crippen molar-refractivity contribution in [2.24, 2.45) is 5.92 Å². The van der Waals surface area contributed by atoms with Crippen LogP contribution in [0.2, 0.25) is 0 Å². The minimum Gasteiger partial charge on any atom is -0.378 e. The zero-order valence-corrected chi connectivity index (χ0v) is 13.0. The normalized spacial score (nSPS) is 16.0. The van der Waals surface area contributed by atoms with E-state index in [1.54, 1.807) is 0 Å². The Balaban J connectivity index is 1.53. The molecule has 3 rings (SSSR count). The Morgan fingerprint density at radius 1 is 1.19 bits per heavy atom. The fourth-order valence-corrected chi connectivity index (χ4v) is 2.97. The fourth-order valence-electron chi connectivity index (χ4n) is 2.97. The molecule has 2 aromatic rings.